The van der Waals surface area contributed by atoms with Gasteiger partial charge in [0.05, 0.1) is 23.6 Å². The number of hydrogen-bond acceptors (Lipinski definition) is 3. The van der Waals surface area contributed by atoms with Crippen LogP contribution >= 0.6 is 0 Å². The van der Waals surface area contributed by atoms with Gasteiger partial charge in [-0.1, -0.05) is 25.3 Å². The molecule has 30 heavy (non-hydrogen) atoms. The fraction of sp³-hybridized carbons (Fsp3) is 0.542. The zero-order chi connectivity index (χ0) is 20.3. The second-order valence-electron chi connectivity index (χ2n) is 9.12. The maximum absolute atomic E-state index is 12.7. The summed E-state index contributed by atoms with van der Waals surface area (Å²) in [5.41, 5.74) is 4.41. The van der Waals surface area contributed by atoms with Gasteiger partial charge < -0.3 is 9.47 Å². The number of rotatable bonds is 5. The van der Waals surface area contributed by atoms with Gasteiger partial charge in [0, 0.05) is 37.8 Å². The molecule has 2 aromatic heterocycles. The molecule has 1 aliphatic heterocycles. The summed E-state index contributed by atoms with van der Waals surface area (Å²) in [7, 11) is 0. The van der Waals surface area contributed by atoms with E-state index in [2.05, 4.69) is 42.8 Å². The number of piperidine rings is 1. The largest absolute Gasteiger partial charge is 0.343 e. The summed E-state index contributed by atoms with van der Waals surface area (Å²) in [6.07, 6.45) is 15.1. The van der Waals surface area contributed by atoms with Crippen molar-refractivity contribution in [1.29, 1.82) is 0 Å². The highest BCUT2D eigenvalue weighted by Crippen LogP contribution is 2.29. The highest BCUT2D eigenvalue weighted by molar-refractivity contribution is 5.81. The summed E-state index contributed by atoms with van der Waals surface area (Å²) in [5, 5.41) is 6.90. The van der Waals surface area contributed by atoms with Gasteiger partial charge in [-0.25, -0.2) is 4.98 Å². The summed E-state index contributed by atoms with van der Waals surface area (Å²) >= 11 is 0. The molecular formula is C24H31N5O. The Morgan fingerprint density at radius 1 is 1.03 bits per heavy atom. The van der Waals surface area contributed by atoms with Gasteiger partial charge >= 0.3 is 0 Å². The third kappa shape index (κ3) is 4.13. The highest BCUT2D eigenvalue weighted by atomic mass is 16.2. The predicted octanol–water partition coefficient (Wildman–Crippen LogP) is 4.64. The number of aromatic amines is 1. The Morgan fingerprint density at radius 3 is 2.63 bits per heavy atom. The number of aromatic nitrogens is 4. The number of likely N-dealkylation sites (tertiary alicyclic amines) is 1. The van der Waals surface area contributed by atoms with Crippen LogP contribution in [0.4, 0.5) is 0 Å². The number of benzene rings is 1. The summed E-state index contributed by atoms with van der Waals surface area (Å²) < 4.78 is 2.28. The minimum absolute atomic E-state index is 0.389. The zero-order valence-corrected chi connectivity index (χ0v) is 17.6. The topological polar surface area (TPSA) is 66.8 Å². The number of carbonyl (C=O) groups excluding carboxylic acids is 1. The van der Waals surface area contributed by atoms with Crippen molar-refractivity contribution in [3.63, 3.8) is 0 Å². The fourth-order valence-electron chi connectivity index (χ4n) is 5.21. The van der Waals surface area contributed by atoms with Gasteiger partial charge in [-0.3, -0.25) is 9.89 Å². The Morgan fingerprint density at radius 2 is 1.87 bits per heavy atom. The SMILES string of the molecule is O=C(CC1CCCCC1)N1CCC(Cn2cnc3cc(-c4cn[nH]c4)ccc32)CC1. The van der Waals surface area contributed by atoms with Crippen molar-refractivity contribution in [2.24, 2.45) is 11.8 Å². The standard InChI is InChI=1S/C24H31N5O/c30-24(12-18-4-2-1-3-5-18)28-10-8-19(9-11-28)16-29-17-25-22-13-20(6-7-23(22)29)21-14-26-27-15-21/h6-7,13-15,17-19H,1-5,8-12,16H2,(H,26,27). The van der Waals surface area contributed by atoms with E-state index >= 15 is 0 Å². The third-order valence-electron chi connectivity index (χ3n) is 7.06. The minimum atomic E-state index is 0.389. The van der Waals surface area contributed by atoms with E-state index in [9.17, 15) is 4.79 Å². The van der Waals surface area contributed by atoms with Crippen molar-refractivity contribution < 1.29 is 4.79 Å². The number of nitrogens with one attached hydrogen (secondary N) is 1. The Labute approximate surface area is 177 Å². The Kier molecular flexibility index (Phi) is 5.56. The molecule has 1 aliphatic carbocycles. The molecule has 2 aliphatic rings. The van der Waals surface area contributed by atoms with Crippen LogP contribution in [-0.4, -0.2) is 43.6 Å². The molecule has 1 aromatic carbocycles. The van der Waals surface area contributed by atoms with Crippen molar-refractivity contribution >= 4 is 16.9 Å². The molecule has 6 nitrogen and oxygen atoms in total. The lowest BCUT2D eigenvalue weighted by molar-refractivity contribution is -0.133. The summed E-state index contributed by atoms with van der Waals surface area (Å²) in [5.74, 6) is 1.63. The molecule has 1 N–H and O–H groups in total. The van der Waals surface area contributed by atoms with E-state index in [1.165, 1.54) is 37.6 Å². The molecule has 3 aromatic rings. The molecule has 3 heterocycles. The van der Waals surface area contributed by atoms with Crippen LogP contribution in [0, 0.1) is 11.8 Å². The van der Waals surface area contributed by atoms with E-state index in [1.54, 1.807) is 0 Å². The van der Waals surface area contributed by atoms with E-state index in [-0.39, 0.29) is 0 Å². The third-order valence-corrected chi connectivity index (χ3v) is 7.06. The first-order valence-electron chi connectivity index (χ1n) is 11.5. The summed E-state index contributed by atoms with van der Waals surface area (Å²) in [6, 6.07) is 6.43. The summed E-state index contributed by atoms with van der Waals surface area (Å²) in [6.45, 7) is 2.80. The second kappa shape index (κ2) is 8.62. The molecule has 1 saturated heterocycles. The number of imidazole rings is 1. The van der Waals surface area contributed by atoms with Gasteiger partial charge in [-0.05, 0) is 55.2 Å². The number of carbonyl (C=O) groups is 1. The number of fused-ring (bicyclic) bond motifs is 1. The fourth-order valence-corrected chi connectivity index (χ4v) is 5.21. The van der Waals surface area contributed by atoms with Gasteiger partial charge in [-0.2, -0.15) is 5.10 Å². The van der Waals surface area contributed by atoms with Crippen LogP contribution < -0.4 is 0 Å². The molecule has 158 valence electrons. The van der Waals surface area contributed by atoms with E-state index in [0.717, 1.165) is 55.5 Å². The zero-order valence-electron chi connectivity index (χ0n) is 17.6. The first-order valence-corrected chi connectivity index (χ1v) is 11.5. The maximum atomic E-state index is 12.7. The van der Waals surface area contributed by atoms with Gasteiger partial charge in [0.1, 0.15) is 0 Å². The molecular weight excluding hydrogens is 374 g/mol. The minimum Gasteiger partial charge on any atom is -0.343 e. The van der Waals surface area contributed by atoms with Crippen LogP contribution in [0.15, 0.2) is 36.9 Å². The molecule has 0 spiro atoms. The van der Waals surface area contributed by atoms with Crippen LogP contribution in [0.5, 0.6) is 0 Å². The molecule has 1 saturated carbocycles. The monoisotopic (exact) mass is 405 g/mol. The first kappa shape index (κ1) is 19.3. The van der Waals surface area contributed by atoms with Gasteiger partial charge in [0.2, 0.25) is 5.91 Å². The smallest absolute Gasteiger partial charge is 0.222 e. The Balaban J connectivity index is 1.17. The maximum Gasteiger partial charge on any atom is 0.222 e. The van der Waals surface area contributed by atoms with Crippen molar-refractivity contribution in [3.8, 4) is 11.1 Å². The lowest BCUT2D eigenvalue weighted by Gasteiger charge is -2.33. The lowest BCUT2D eigenvalue weighted by Crippen LogP contribution is -2.40. The Bertz CT molecular complexity index is 978. The molecule has 5 rings (SSSR count). The summed E-state index contributed by atoms with van der Waals surface area (Å²) in [4.78, 5) is 19.4. The van der Waals surface area contributed by atoms with Crippen LogP contribution in [-0.2, 0) is 11.3 Å². The molecule has 6 heteroatoms. The van der Waals surface area contributed by atoms with Crippen LogP contribution in [0.25, 0.3) is 22.2 Å². The second-order valence-corrected chi connectivity index (χ2v) is 9.12. The number of nitrogens with zero attached hydrogens (tertiary/aromatic N) is 4. The molecule has 2 fully saturated rings. The lowest BCUT2D eigenvalue weighted by atomic mass is 9.86. The molecule has 0 atom stereocenters. The van der Waals surface area contributed by atoms with E-state index < -0.39 is 0 Å². The van der Waals surface area contributed by atoms with Crippen LogP contribution in [0.2, 0.25) is 0 Å². The molecule has 0 bridgehead atoms. The Hall–Kier alpha value is -2.63. The van der Waals surface area contributed by atoms with Gasteiger partial charge in [-0.15, -0.1) is 0 Å². The molecule has 0 unspecified atom stereocenters. The van der Waals surface area contributed by atoms with E-state index in [1.807, 2.05) is 18.7 Å². The van der Waals surface area contributed by atoms with E-state index in [4.69, 9.17) is 0 Å². The van der Waals surface area contributed by atoms with E-state index in [0.29, 0.717) is 17.7 Å². The van der Waals surface area contributed by atoms with Crippen LogP contribution in [0.3, 0.4) is 0 Å². The molecule has 1 amide bonds. The number of amides is 1. The highest BCUT2D eigenvalue weighted by Gasteiger charge is 2.26. The average molecular weight is 406 g/mol. The quantitative estimate of drug-likeness (QED) is 0.673. The van der Waals surface area contributed by atoms with Crippen molar-refractivity contribution in [3.05, 3.63) is 36.9 Å². The van der Waals surface area contributed by atoms with Crippen molar-refractivity contribution in [2.75, 3.05) is 13.1 Å². The van der Waals surface area contributed by atoms with Gasteiger partial charge in [0.25, 0.3) is 0 Å². The van der Waals surface area contributed by atoms with Gasteiger partial charge in [0.15, 0.2) is 0 Å². The molecule has 0 radical (unpaired) electrons. The van der Waals surface area contributed by atoms with Crippen LogP contribution in [0.1, 0.15) is 51.4 Å². The number of hydrogen-bond donors (Lipinski definition) is 1. The van der Waals surface area contributed by atoms with Crippen molar-refractivity contribution in [2.45, 2.75) is 57.9 Å². The normalized spacial score (nSPS) is 18.9. The predicted molar refractivity (Wildman–Crippen MR) is 118 cm³/mol. The number of H-pyrrole nitrogens is 1. The van der Waals surface area contributed by atoms with Crippen molar-refractivity contribution in [1.82, 2.24) is 24.6 Å². The average Bonchev–Trinajstić information content (AvgIpc) is 3.45. The first-order chi connectivity index (χ1) is 14.8.